The lowest BCUT2D eigenvalue weighted by atomic mass is 10.2. The van der Waals surface area contributed by atoms with Crippen molar-refractivity contribution in [2.45, 2.75) is 39.0 Å². The van der Waals surface area contributed by atoms with Crippen molar-refractivity contribution in [3.63, 3.8) is 0 Å². The number of hydrogen-bond donors (Lipinski definition) is 1. The van der Waals surface area contributed by atoms with Gasteiger partial charge in [-0.2, -0.15) is 0 Å². The maximum atomic E-state index is 13.2. The van der Waals surface area contributed by atoms with Crippen molar-refractivity contribution in [1.82, 2.24) is 4.57 Å². The Hall–Kier alpha value is -2.52. The van der Waals surface area contributed by atoms with Gasteiger partial charge in [-0.1, -0.05) is 53.3 Å². The molecule has 30 heavy (non-hydrogen) atoms. The Labute approximate surface area is 182 Å². The summed E-state index contributed by atoms with van der Waals surface area (Å²) < 4.78 is 17.5. The van der Waals surface area contributed by atoms with Crippen molar-refractivity contribution >= 4 is 32.5 Å². The van der Waals surface area contributed by atoms with Crippen LogP contribution in [0.1, 0.15) is 39.0 Å². The largest absolute Gasteiger partial charge is 0.497 e. The summed E-state index contributed by atoms with van der Waals surface area (Å²) >= 11 is 0. The lowest BCUT2D eigenvalue weighted by Gasteiger charge is -2.11. The Morgan fingerprint density at radius 2 is 1.93 bits per heavy atom. The highest BCUT2D eigenvalue weighted by Crippen LogP contribution is 2.40. The van der Waals surface area contributed by atoms with Crippen molar-refractivity contribution < 1.29 is 19.0 Å². The van der Waals surface area contributed by atoms with E-state index < -0.39 is 6.09 Å². The molecule has 1 aromatic carbocycles. The number of nitrogens with zero attached hydrogens (tertiary/aromatic N) is 1. The molecule has 1 N–H and O–H groups in total. The molecular weight excluding hydrogens is 424 g/mol. The number of benzene rings is 1. The fraction of sp³-hybridized carbons (Fsp3) is 0.429. The molecule has 0 fully saturated rings. The highest BCUT2D eigenvalue weighted by molar-refractivity contribution is 7.70. The summed E-state index contributed by atoms with van der Waals surface area (Å²) in [5, 5.41) is 4.53. The molecule has 3 rings (SSSR count). The highest BCUT2D eigenvalue weighted by Gasteiger charge is 2.27. The quantitative estimate of drug-likeness (QED) is 0.321. The number of ether oxygens (including phenoxy) is 3. The third-order valence-electron chi connectivity index (χ3n) is 4.74. The fourth-order valence-electron chi connectivity index (χ4n) is 3.18. The lowest BCUT2D eigenvalue weighted by molar-refractivity contribution is 0.159. The zero-order valence-corrected chi connectivity index (χ0v) is 19.0. The van der Waals surface area contributed by atoms with Crippen LogP contribution in [0.15, 0.2) is 28.4 Å². The normalized spacial score (nSPS) is 10.9. The minimum Gasteiger partial charge on any atom is -0.497 e. The summed E-state index contributed by atoms with van der Waals surface area (Å²) in [5.74, 6) is 1.13. The van der Waals surface area contributed by atoms with Crippen molar-refractivity contribution in [1.29, 1.82) is 0 Å². The molecule has 1 aromatic rings. The van der Waals surface area contributed by atoms with Crippen molar-refractivity contribution in [2.75, 3.05) is 26.1 Å². The number of carbonyl (C=O) groups is 1. The SMILES string of the molecule is CCCCCCCOC(=O)Nc1c2sscc-2n(-c2ccc(OC)cc2OC)c1=O. The van der Waals surface area contributed by atoms with E-state index in [1.165, 1.54) is 40.6 Å². The number of fused-ring (bicyclic) bond motifs is 1. The molecule has 0 saturated carbocycles. The van der Waals surface area contributed by atoms with Gasteiger partial charge in [-0.3, -0.25) is 14.7 Å². The first-order chi connectivity index (χ1) is 14.6. The molecule has 0 saturated heterocycles. The number of rotatable bonds is 10. The molecule has 0 aromatic heterocycles. The monoisotopic (exact) mass is 450 g/mol. The van der Waals surface area contributed by atoms with E-state index in [0.717, 1.165) is 19.3 Å². The summed E-state index contributed by atoms with van der Waals surface area (Å²) in [6, 6.07) is 5.24. The van der Waals surface area contributed by atoms with Crippen LogP contribution in [0.5, 0.6) is 11.5 Å². The Bertz CT molecular complexity index is 1010. The van der Waals surface area contributed by atoms with Crippen molar-refractivity contribution in [3.8, 4) is 27.8 Å². The Balaban J connectivity index is 1.80. The molecule has 2 aliphatic heterocycles. The Kier molecular flexibility index (Phi) is 7.75. The summed E-state index contributed by atoms with van der Waals surface area (Å²) in [4.78, 5) is 26.1. The van der Waals surface area contributed by atoms with Crippen LogP contribution in [-0.2, 0) is 4.74 Å². The van der Waals surface area contributed by atoms with Gasteiger partial charge in [0.25, 0.3) is 5.56 Å². The zero-order valence-electron chi connectivity index (χ0n) is 17.4. The van der Waals surface area contributed by atoms with E-state index in [2.05, 4.69) is 12.2 Å². The van der Waals surface area contributed by atoms with Crippen molar-refractivity contribution in [2.24, 2.45) is 0 Å². The predicted octanol–water partition coefficient (Wildman–Crippen LogP) is 5.60. The number of aromatic nitrogens is 1. The van der Waals surface area contributed by atoms with Gasteiger partial charge in [0, 0.05) is 11.4 Å². The average molecular weight is 451 g/mol. The van der Waals surface area contributed by atoms with Crippen molar-refractivity contribution in [3.05, 3.63) is 33.9 Å². The van der Waals surface area contributed by atoms with Crippen LogP contribution >= 0.6 is 20.7 Å². The Morgan fingerprint density at radius 1 is 1.13 bits per heavy atom. The molecular formula is C21H26N2O5S2. The van der Waals surface area contributed by atoms with Gasteiger partial charge in [-0.15, -0.1) is 0 Å². The Morgan fingerprint density at radius 3 is 2.67 bits per heavy atom. The number of unbranched alkanes of at least 4 members (excludes halogenated alkanes) is 4. The topological polar surface area (TPSA) is 78.8 Å². The van der Waals surface area contributed by atoms with Crippen LogP contribution in [0.4, 0.5) is 10.5 Å². The maximum absolute atomic E-state index is 13.2. The average Bonchev–Trinajstić information content (AvgIpc) is 3.32. The number of anilines is 1. The highest BCUT2D eigenvalue weighted by atomic mass is 32.9. The number of amides is 1. The summed E-state index contributed by atoms with van der Waals surface area (Å²) in [6.07, 6.45) is 4.72. The minimum absolute atomic E-state index is 0.227. The first-order valence-electron chi connectivity index (χ1n) is 9.89. The van der Waals surface area contributed by atoms with Gasteiger partial charge in [-0.05, 0) is 18.6 Å². The van der Waals surface area contributed by atoms with Crippen LogP contribution in [0.2, 0.25) is 0 Å². The lowest BCUT2D eigenvalue weighted by Crippen LogP contribution is -2.21. The summed E-state index contributed by atoms with van der Waals surface area (Å²) in [5.41, 5.74) is 1.20. The minimum atomic E-state index is -0.610. The van der Waals surface area contributed by atoms with Gasteiger partial charge >= 0.3 is 6.09 Å². The van der Waals surface area contributed by atoms with Gasteiger partial charge < -0.3 is 14.2 Å². The van der Waals surface area contributed by atoms with Gasteiger partial charge in [0.2, 0.25) is 0 Å². The number of hydrogen-bond acceptors (Lipinski definition) is 7. The third kappa shape index (κ3) is 4.79. The van der Waals surface area contributed by atoms with E-state index >= 15 is 0 Å². The molecule has 162 valence electrons. The second-order valence-corrected chi connectivity index (χ2v) is 8.82. The fourth-order valence-corrected chi connectivity index (χ4v) is 5.39. The molecule has 7 nitrogen and oxygen atoms in total. The van der Waals surface area contributed by atoms with Gasteiger partial charge in [-0.25, -0.2) is 4.79 Å². The predicted molar refractivity (Wildman–Crippen MR) is 121 cm³/mol. The van der Waals surface area contributed by atoms with Crippen LogP contribution < -0.4 is 20.3 Å². The van der Waals surface area contributed by atoms with E-state index in [1.807, 2.05) is 5.38 Å². The molecule has 0 radical (unpaired) electrons. The van der Waals surface area contributed by atoms with Gasteiger partial charge in [0.05, 0.1) is 37.1 Å². The van der Waals surface area contributed by atoms with Gasteiger partial charge in [0.15, 0.2) is 0 Å². The number of nitrogens with one attached hydrogen (secondary N) is 1. The van der Waals surface area contributed by atoms with Crippen LogP contribution in [0.25, 0.3) is 16.3 Å². The standard InChI is InChI=1S/C21H26N2O5S2/c1-4-5-6-7-8-11-28-21(25)22-18-19-16(13-29-30-19)23(20(18)24)15-10-9-14(26-2)12-17(15)27-3/h9-10,12-13H,4-8,11H2,1-3H3,(H,22,25). The van der Waals surface area contributed by atoms with E-state index in [4.69, 9.17) is 14.2 Å². The van der Waals surface area contributed by atoms with E-state index in [1.54, 1.807) is 29.9 Å². The van der Waals surface area contributed by atoms with Crippen LogP contribution in [0, 0.1) is 0 Å². The molecule has 0 atom stereocenters. The summed E-state index contributed by atoms with van der Waals surface area (Å²) in [7, 11) is 6.03. The summed E-state index contributed by atoms with van der Waals surface area (Å²) in [6.45, 7) is 2.50. The smallest absolute Gasteiger partial charge is 0.411 e. The van der Waals surface area contributed by atoms with E-state index in [-0.39, 0.29) is 11.2 Å². The number of methoxy groups -OCH3 is 2. The second-order valence-electron chi connectivity index (χ2n) is 6.74. The van der Waals surface area contributed by atoms with Crippen LogP contribution in [-0.4, -0.2) is 31.5 Å². The first kappa shape index (κ1) is 22.2. The van der Waals surface area contributed by atoms with E-state index in [9.17, 15) is 9.59 Å². The molecule has 0 spiro atoms. The molecule has 0 bridgehead atoms. The molecule has 1 amide bonds. The van der Waals surface area contributed by atoms with Crippen LogP contribution in [0.3, 0.4) is 0 Å². The molecule has 2 aliphatic rings. The zero-order chi connectivity index (χ0) is 21.5. The second kappa shape index (κ2) is 10.5. The van der Waals surface area contributed by atoms with Gasteiger partial charge in [0.1, 0.15) is 17.2 Å². The number of carbonyl (C=O) groups excluding carboxylic acids is 1. The maximum Gasteiger partial charge on any atom is 0.411 e. The molecule has 0 aliphatic carbocycles. The first-order valence-corrected chi connectivity index (χ1v) is 12.1. The molecule has 2 heterocycles. The third-order valence-corrected chi connectivity index (χ3v) is 6.82. The molecule has 0 unspecified atom stereocenters. The molecule has 9 heteroatoms. The van der Waals surface area contributed by atoms with E-state index in [0.29, 0.717) is 34.4 Å².